The van der Waals surface area contributed by atoms with Gasteiger partial charge in [0.1, 0.15) is 0 Å². The third kappa shape index (κ3) is 3.02. The van der Waals surface area contributed by atoms with Gasteiger partial charge < -0.3 is 5.32 Å². The minimum atomic E-state index is 0.350. The van der Waals surface area contributed by atoms with E-state index in [4.69, 9.17) is 0 Å². The molecule has 1 N–H and O–H groups in total. The van der Waals surface area contributed by atoms with E-state index in [0.717, 1.165) is 11.0 Å². The number of aromatic nitrogens is 1. The van der Waals surface area contributed by atoms with Crippen molar-refractivity contribution in [2.24, 2.45) is 0 Å². The van der Waals surface area contributed by atoms with E-state index in [1.807, 2.05) is 12.4 Å². The Morgan fingerprint density at radius 2 is 2.13 bits per heavy atom. The highest BCUT2D eigenvalue weighted by atomic mass is 79.9. The van der Waals surface area contributed by atoms with E-state index in [1.165, 1.54) is 31.2 Å². The van der Waals surface area contributed by atoms with Crippen molar-refractivity contribution in [2.45, 2.75) is 44.7 Å². The fourth-order valence-corrected chi connectivity index (χ4v) is 2.61. The smallest absolute Gasteiger partial charge is 0.0410 e. The van der Waals surface area contributed by atoms with E-state index >= 15 is 0 Å². The molecule has 82 valence electrons. The van der Waals surface area contributed by atoms with Gasteiger partial charge >= 0.3 is 0 Å². The second-order valence-electron chi connectivity index (χ2n) is 4.63. The molecule has 1 heterocycles. The molecule has 0 radical (unpaired) electrons. The first-order valence-corrected chi connectivity index (χ1v) is 6.32. The maximum atomic E-state index is 4.17. The SMILES string of the molecule is CC1(NCc2cncc(Br)c2)CCCC1. The molecule has 0 aliphatic heterocycles. The summed E-state index contributed by atoms with van der Waals surface area (Å²) in [5.41, 5.74) is 1.60. The quantitative estimate of drug-likeness (QED) is 0.911. The maximum absolute atomic E-state index is 4.17. The van der Waals surface area contributed by atoms with Crippen LogP contribution in [0.2, 0.25) is 0 Å². The van der Waals surface area contributed by atoms with Gasteiger partial charge in [-0.05, 0) is 47.3 Å². The van der Waals surface area contributed by atoms with Crippen LogP contribution in [0.4, 0.5) is 0 Å². The van der Waals surface area contributed by atoms with Gasteiger partial charge in [0.25, 0.3) is 0 Å². The topological polar surface area (TPSA) is 24.9 Å². The Kier molecular flexibility index (Phi) is 3.42. The Morgan fingerprint density at radius 1 is 1.40 bits per heavy atom. The molecule has 2 nitrogen and oxygen atoms in total. The molecule has 0 unspecified atom stereocenters. The normalized spacial score (nSPS) is 19.3. The number of halogens is 1. The Labute approximate surface area is 99.6 Å². The maximum Gasteiger partial charge on any atom is 0.0410 e. The van der Waals surface area contributed by atoms with E-state index < -0.39 is 0 Å². The summed E-state index contributed by atoms with van der Waals surface area (Å²) < 4.78 is 1.05. The highest BCUT2D eigenvalue weighted by Gasteiger charge is 2.27. The molecule has 1 aliphatic rings. The molecule has 1 aromatic heterocycles. The standard InChI is InChI=1S/C12H17BrN2/c1-12(4-2-3-5-12)15-8-10-6-11(13)9-14-7-10/h6-7,9,15H,2-5,8H2,1H3. The number of nitrogens with zero attached hydrogens (tertiary/aromatic N) is 1. The lowest BCUT2D eigenvalue weighted by molar-refractivity contribution is 0.362. The summed E-state index contributed by atoms with van der Waals surface area (Å²) in [6.07, 6.45) is 9.07. The van der Waals surface area contributed by atoms with E-state index in [0.29, 0.717) is 5.54 Å². The van der Waals surface area contributed by atoms with Crippen molar-refractivity contribution in [3.8, 4) is 0 Å². The fourth-order valence-electron chi connectivity index (χ4n) is 2.20. The zero-order valence-electron chi connectivity index (χ0n) is 9.09. The van der Waals surface area contributed by atoms with Crippen LogP contribution in [-0.2, 0) is 6.54 Å². The van der Waals surface area contributed by atoms with Crippen molar-refractivity contribution in [2.75, 3.05) is 0 Å². The van der Waals surface area contributed by atoms with Crippen molar-refractivity contribution < 1.29 is 0 Å². The van der Waals surface area contributed by atoms with Gasteiger partial charge in [-0.3, -0.25) is 4.98 Å². The Morgan fingerprint density at radius 3 is 2.80 bits per heavy atom. The fraction of sp³-hybridized carbons (Fsp3) is 0.583. The highest BCUT2D eigenvalue weighted by molar-refractivity contribution is 9.10. The first-order chi connectivity index (χ1) is 7.18. The molecule has 0 bridgehead atoms. The third-order valence-corrected chi connectivity index (χ3v) is 3.62. The molecule has 0 aromatic carbocycles. The minimum Gasteiger partial charge on any atom is -0.307 e. The van der Waals surface area contributed by atoms with Gasteiger partial charge in [0.2, 0.25) is 0 Å². The Hall–Kier alpha value is -0.410. The number of pyridine rings is 1. The summed E-state index contributed by atoms with van der Waals surface area (Å²) in [6.45, 7) is 3.24. The monoisotopic (exact) mass is 268 g/mol. The molecule has 1 saturated carbocycles. The molecule has 1 fully saturated rings. The van der Waals surface area contributed by atoms with E-state index in [2.05, 4.69) is 39.2 Å². The van der Waals surface area contributed by atoms with E-state index in [9.17, 15) is 0 Å². The lowest BCUT2D eigenvalue weighted by Gasteiger charge is -2.25. The van der Waals surface area contributed by atoms with Crippen LogP contribution in [0.1, 0.15) is 38.2 Å². The molecule has 15 heavy (non-hydrogen) atoms. The number of rotatable bonds is 3. The van der Waals surface area contributed by atoms with Crippen LogP contribution in [0.5, 0.6) is 0 Å². The largest absolute Gasteiger partial charge is 0.307 e. The summed E-state index contributed by atoms with van der Waals surface area (Å²) in [7, 11) is 0. The molecule has 0 atom stereocenters. The summed E-state index contributed by atoms with van der Waals surface area (Å²) in [4.78, 5) is 4.17. The lowest BCUT2D eigenvalue weighted by Crippen LogP contribution is -2.38. The predicted molar refractivity (Wildman–Crippen MR) is 65.6 cm³/mol. The van der Waals surface area contributed by atoms with Crippen molar-refractivity contribution in [3.05, 3.63) is 28.5 Å². The second kappa shape index (κ2) is 4.62. The van der Waals surface area contributed by atoms with Gasteiger partial charge in [-0.1, -0.05) is 12.8 Å². The van der Waals surface area contributed by atoms with E-state index in [-0.39, 0.29) is 0 Å². The lowest BCUT2D eigenvalue weighted by atomic mass is 10.0. The summed E-state index contributed by atoms with van der Waals surface area (Å²) >= 11 is 3.44. The van der Waals surface area contributed by atoms with E-state index in [1.54, 1.807) is 0 Å². The Balaban J connectivity index is 1.92. The average Bonchev–Trinajstić information content (AvgIpc) is 2.63. The van der Waals surface area contributed by atoms with Crippen molar-refractivity contribution in [3.63, 3.8) is 0 Å². The molecule has 2 rings (SSSR count). The van der Waals surface area contributed by atoms with Gasteiger partial charge in [0.05, 0.1) is 0 Å². The molecular weight excluding hydrogens is 252 g/mol. The summed E-state index contributed by atoms with van der Waals surface area (Å²) in [5.74, 6) is 0. The van der Waals surface area contributed by atoms with Crippen LogP contribution in [0.25, 0.3) is 0 Å². The molecule has 3 heteroatoms. The zero-order chi connectivity index (χ0) is 10.7. The van der Waals surface area contributed by atoms with Gasteiger partial charge in [-0.15, -0.1) is 0 Å². The second-order valence-corrected chi connectivity index (χ2v) is 5.55. The van der Waals surface area contributed by atoms with Crippen molar-refractivity contribution in [1.29, 1.82) is 0 Å². The van der Waals surface area contributed by atoms with Crippen LogP contribution in [0.3, 0.4) is 0 Å². The highest BCUT2D eigenvalue weighted by Crippen LogP contribution is 2.29. The average molecular weight is 269 g/mol. The first-order valence-electron chi connectivity index (χ1n) is 5.52. The number of hydrogen-bond acceptors (Lipinski definition) is 2. The molecule has 1 aromatic rings. The van der Waals surface area contributed by atoms with Crippen LogP contribution >= 0.6 is 15.9 Å². The van der Waals surface area contributed by atoms with Crippen molar-refractivity contribution in [1.82, 2.24) is 10.3 Å². The predicted octanol–water partition coefficient (Wildman–Crippen LogP) is 3.27. The molecule has 1 aliphatic carbocycles. The number of nitrogens with one attached hydrogen (secondary N) is 1. The van der Waals surface area contributed by atoms with Gasteiger partial charge in [-0.25, -0.2) is 0 Å². The summed E-state index contributed by atoms with van der Waals surface area (Å²) in [5, 5.41) is 3.64. The van der Waals surface area contributed by atoms with Crippen molar-refractivity contribution >= 4 is 15.9 Å². The molecule has 0 spiro atoms. The zero-order valence-corrected chi connectivity index (χ0v) is 10.7. The molecular formula is C12H17BrN2. The van der Waals surface area contributed by atoms with Crippen LogP contribution in [0.15, 0.2) is 22.9 Å². The third-order valence-electron chi connectivity index (χ3n) is 3.19. The first kappa shape index (κ1) is 11.1. The summed E-state index contributed by atoms with van der Waals surface area (Å²) in [6, 6.07) is 2.12. The molecule has 0 amide bonds. The van der Waals surface area contributed by atoms with Gasteiger partial charge in [0, 0.05) is 29.0 Å². The Bertz CT molecular complexity index is 332. The van der Waals surface area contributed by atoms with Crippen LogP contribution < -0.4 is 5.32 Å². The van der Waals surface area contributed by atoms with Crippen LogP contribution in [0, 0.1) is 0 Å². The molecule has 0 saturated heterocycles. The van der Waals surface area contributed by atoms with Crippen LogP contribution in [-0.4, -0.2) is 10.5 Å². The minimum absolute atomic E-state index is 0.350. The van der Waals surface area contributed by atoms with Gasteiger partial charge in [0.15, 0.2) is 0 Å². The number of hydrogen-bond donors (Lipinski definition) is 1. The van der Waals surface area contributed by atoms with Gasteiger partial charge in [-0.2, -0.15) is 0 Å².